The molecule has 0 unspecified atom stereocenters. The first-order chi connectivity index (χ1) is 11.6. The Morgan fingerprint density at radius 3 is 2.24 bits per heavy atom. The number of carbonyl (C=O) groups is 1. The summed E-state index contributed by atoms with van der Waals surface area (Å²) in [7, 11) is -6.73. The van der Waals surface area contributed by atoms with Gasteiger partial charge in [-0.05, 0) is 25.5 Å². The number of nitrogens with one attached hydrogen (secondary N) is 1. The Morgan fingerprint density at radius 1 is 1.12 bits per heavy atom. The lowest BCUT2D eigenvalue weighted by Gasteiger charge is -2.17. The van der Waals surface area contributed by atoms with Crippen LogP contribution in [0.4, 0.5) is 0 Å². The van der Waals surface area contributed by atoms with Gasteiger partial charge in [0.05, 0.1) is 16.9 Å². The molecule has 0 fully saturated rings. The second kappa shape index (κ2) is 9.30. The minimum atomic E-state index is -3.49. The SMILES string of the molecule is CCN(CCCNC(=O)CCS(=O)(=O)c1ccc(C)cc1)S(C)(=O)=O. The molecule has 0 saturated heterocycles. The van der Waals surface area contributed by atoms with E-state index in [1.165, 1.54) is 16.4 Å². The van der Waals surface area contributed by atoms with Crippen LogP contribution in [0.2, 0.25) is 0 Å². The second-order valence-corrected chi connectivity index (χ2v) is 9.93. The second-order valence-electron chi connectivity index (χ2n) is 5.84. The van der Waals surface area contributed by atoms with Gasteiger partial charge in [-0.15, -0.1) is 0 Å². The van der Waals surface area contributed by atoms with E-state index < -0.39 is 19.9 Å². The van der Waals surface area contributed by atoms with Crippen LogP contribution < -0.4 is 5.32 Å². The molecule has 0 atom stereocenters. The highest BCUT2D eigenvalue weighted by Crippen LogP contribution is 2.13. The van der Waals surface area contributed by atoms with Crippen molar-refractivity contribution in [3.05, 3.63) is 29.8 Å². The third-order valence-corrected chi connectivity index (χ3v) is 6.82. The van der Waals surface area contributed by atoms with Crippen molar-refractivity contribution in [1.29, 1.82) is 0 Å². The maximum Gasteiger partial charge on any atom is 0.221 e. The van der Waals surface area contributed by atoms with Crippen LogP contribution in [-0.2, 0) is 24.7 Å². The number of hydrogen-bond acceptors (Lipinski definition) is 5. The fraction of sp³-hybridized carbons (Fsp3) is 0.562. The summed E-state index contributed by atoms with van der Waals surface area (Å²) in [4.78, 5) is 12.0. The minimum absolute atomic E-state index is 0.125. The van der Waals surface area contributed by atoms with Gasteiger partial charge in [0, 0.05) is 26.1 Å². The Bertz CT molecular complexity index is 771. The highest BCUT2D eigenvalue weighted by molar-refractivity contribution is 7.91. The third kappa shape index (κ3) is 7.54. The molecule has 0 heterocycles. The number of aryl methyl sites for hydroxylation is 1. The van der Waals surface area contributed by atoms with E-state index in [1.807, 2.05) is 6.92 Å². The van der Waals surface area contributed by atoms with Crippen LogP contribution in [0.3, 0.4) is 0 Å². The van der Waals surface area contributed by atoms with Gasteiger partial charge in [-0.3, -0.25) is 4.79 Å². The summed E-state index contributed by atoms with van der Waals surface area (Å²) in [6.07, 6.45) is 1.49. The van der Waals surface area contributed by atoms with E-state index in [9.17, 15) is 21.6 Å². The molecule has 0 bridgehead atoms. The van der Waals surface area contributed by atoms with Crippen LogP contribution in [0.5, 0.6) is 0 Å². The number of nitrogens with zero attached hydrogens (tertiary/aromatic N) is 1. The van der Waals surface area contributed by atoms with Gasteiger partial charge in [0.15, 0.2) is 9.84 Å². The van der Waals surface area contributed by atoms with E-state index in [1.54, 1.807) is 19.1 Å². The lowest BCUT2D eigenvalue weighted by molar-refractivity contribution is -0.120. The predicted molar refractivity (Wildman–Crippen MR) is 97.6 cm³/mol. The summed E-state index contributed by atoms with van der Waals surface area (Å²) < 4.78 is 48.5. The summed E-state index contributed by atoms with van der Waals surface area (Å²) in [5.74, 6) is -0.620. The molecular weight excluding hydrogens is 364 g/mol. The zero-order valence-corrected chi connectivity index (χ0v) is 16.5. The van der Waals surface area contributed by atoms with Crippen molar-refractivity contribution < 1.29 is 21.6 Å². The van der Waals surface area contributed by atoms with Gasteiger partial charge in [0.1, 0.15) is 0 Å². The van der Waals surface area contributed by atoms with Crippen molar-refractivity contribution in [3.63, 3.8) is 0 Å². The molecule has 0 aliphatic rings. The predicted octanol–water partition coefficient (Wildman–Crippen LogP) is 0.947. The van der Waals surface area contributed by atoms with Gasteiger partial charge < -0.3 is 5.32 Å². The molecule has 1 N–H and O–H groups in total. The minimum Gasteiger partial charge on any atom is -0.356 e. The lowest BCUT2D eigenvalue weighted by Crippen LogP contribution is -2.33. The molecule has 0 aromatic heterocycles. The first kappa shape index (κ1) is 21.6. The van der Waals surface area contributed by atoms with E-state index in [0.717, 1.165) is 11.8 Å². The van der Waals surface area contributed by atoms with Crippen LogP contribution in [0, 0.1) is 6.92 Å². The maximum absolute atomic E-state index is 12.2. The smallest absolute Gasteiger partial charge is 0.221 e. The molecule has 0 aliphatic heterocycles. The lowest BCUT2D eigenvalue weighted by atomic mass is 10.2. The van der Waals surface area contributed by atoms with Crippen molar-refractivity contribution in [2.24, 2.45) is 0 Å². The number of sulfonamides is 1. The van der Waals surface area contributed by atoms with Crippen molar-refractivity contribution in [3.8, 4) is 0 Å². The molecular formula is C16H26N2O5S2. The Balaban J connectivity index is 2.39. The quantitative estimate of drug-likeness (QED) is 0.600. The van der Waals surface area contributed by atoms with Gasteiger partial charge in [-0.2, -0.15) is 0 Å². The Kier molecular flexibility index (Phi) is 8.04. The first-order valence-corrected chi connectivity index (χ1v) is 11.6. The van der Waals surface area contributed by atoms with Crippen LogP contribution >= 0.6 is 0 Å². The number of benzene rings is 1. The van der Waals surface area contributed by atoms with E-state index in [-0.39, 0.29) is 23.0 Å². The molecule has 0 radical (unpaired) electrons. The van der Waals surface area contributed by atoms with Gasteiger partial charge >= 0.3 is 0 Å². The van der Waals surface area contributed by atoms with E-state index in [2.05, 4.69) is 5.32 Å². The molecule has 9 heteroatoms. The average molecular weight is 391 g/mol. The zero-order chi connectivity index (χ0) is 19.1. The van der Waals surface area contributed by atoms with Crippen molar-refractivity contribution in [2.75, 3.05) is 31.6 Å². The Morgan fingerprint density at radius 2 is 1.72 bits per heavy atom. The fourth-order valence-electron chi connectivity index (χ4n) is 2.22. The van der Waals surface area contributed by atoms with Gasteiger partial charge in [0.25, 0.3) is 0 Å². The van der Waals surface area contributed by atoms with Gasteiger partial charge in [0.2, 0.25) is 15.9 Å². The zero-order valence-electron chi connectivity index (χ0n) is 14.9. The molecule has 1 aromatic carbocycles. The summed E-state index contributed by atoms with van der Waals surface area (Å²) in [6, 6.07) is 6.50. The van der Waals surface area contributed by atoms with E-state index in [0.29, 0.717) is 26.1 Å². The highest BCUT2D eigenvalue weighted by Gasteiger charge is 2.17. The number of sulfone groups is 1. The van der Waals surface area contributed by atoms with Crippen molar-refractivity contribution in [1.82, 2.24) is 9.62 Å². The molecule has 1 amide bonds. The number of hydrogen-bond donors (Lipinski definition) is 1. The normalized spacial score (nSPS) is 12.3. The molecule has 0 aliphatic carbocycles. The number of rotatable bonds is 10. The van der Waals surface area contributed by atoms with E-state index >= 15 is 0 Å². The molecule has 142 valence electrons. The van der Waals surface area contributed by atoms with Crippen LogP contribution in [0.25, 0.3) is 0 Å². The monoisotopic (exact) mass is 390 g/mol. The first-order valence-electron chi connectivity index (χ1n) is 8.07. The largest absolute Gasteiger partial charge is 0.356 e. The van der Waals surface area contributed by atoms with Crippen molar-refractivity contribution >= 4 is 25.8 Å². The molecule has 1 rings (SSSR count). The molecule has 1 aromatic rings. The summed E-state index contributed by atoms with van der Waals surface area (Å²) in [5.41, 5.74) is 0.965. The number of amides is 1. The Labute approximate surface area is 150 Å². The molecule has 25 heavy (non-hydrogen) atoms. The van der Waals surface area contributed by atoms with Crippen LogP contribution in [-0.4, -0.2) is 58.7 Å². The summed E-state index contributed by atoms with van der Waals surface area (Å²) in [6.45, 7) is 4.61. The third-order valence-electron chi connectivity index (χ3n) is 3.71. The van der Waals surface area contributed by atoms with Crippen LogP contribution in [0.1, 0.15) is 25.3 Å². The fourth-order valence-corrected chi connectivity index (χ4v) is 4.39. The topological polar surface area (TPSA) is 101 Å². The average Bonchev–Trinajstić information content (AvgIpc) is 2.52. The van der Waals surface area contributed by atoms with E-state index in [4.69, 9.17) is 0 Å². The number of carbonyl (C=O) groups excluding carboxylic acids is 1. The summed E-state index contributed by atoms with van der Waals surface area (Å²) >= 11 is 0. The molecule has 0 spiro atoms. The summed E-state index contributed by atoms with van der Waals surface area (Å²) in [5, 5.41) is 2.62. The maximum atomic E-state index is 12.2. The standard InChI is InChI=1S/C16H26N2O5S2/c1-4-18(24(3,20)21)12-5-11-17-16(19)10-13-25(22,23)15-8-6-14(2)7-9-15/h6-9H,4-5,10-13H2,1-3H3,(H,17,19). The highest BCUT2D eigenvalue weighted by atomic mass is 32.2. The molecule has 0 saturated carbocycles. The molecule has 7 nitrogen and oxygen atoms in total. The van der Waals surface area contributed by atoms with Crippen molar-refractivity contribution in [2.45, 2.75) is 31.6 Å². The van der Waals surface area contributed by atoms with Gasteiger partial charge in [-0.1, -0.05) is 24.6 Å². The van der Waals surface area contributed by atoms with Crippen LogP contribution in [0.15, 0.2) is 29.2 Å². The Hall–Kier alpha value is -1.45. The van der Waals surface area contributed by atoms with Gasteiger partial charge in [-0.25, -0.2) is 21.1 Å².